The van der Waals surface area contributed by atoms with E-state index in [9.17, 15) is 18.8 Å². The van der Waals surface area contributed by atoms with Crippen LogP contribution in [0.2, 0.25) is 0 Å². The highest BCUT2D eigenvalue weighted by Crippen LogP contribution is 2.31. The first-order chi connectivity index (χ1) is 12.4. The minimum absolute atomic E-state index is 0.0928. The van der Waals surface area contributed by atoms with Gasteiger partial charge in [0.05, 0.1) is 5.69 Å². The van der Waals surface area contributed by atoms with Crippen molar-refractivity contribution >= 4 is 23.1 Å². The van der Waals surface area contributed by atoms with Crippen molar-refractivity contribution in [3.63, 3.8) is 0 Å². The van der Waals surface area contributed by atoms with Crippen molar-refractivity contribution in [1.29, 1.82) is 0 Å². The number of hydrogen-bond acceptors (Lipinski definition) is 4. The molecule has 132 valence electrons. The van der Waals surface area contributed by atoms with Crippen LogP contribution in [0.4, 0.5) is 10.1 Å². The van der Waals surface area contributed by atoms with Gasteiger partial charge in [0.2, 0.25) is 5.91 Å². The molecule has 1 aliphatic rings. The number of H-pyrrole nitrogens is 1. The first-order valence-corrected chi connectivity index (χ1v) is 7.91. The van der Waals surface area contributed by atoms with Crippen molar-refractivity contribution in [3.8, 4) is 0 Å². The quantitative estimate of drug-likeness (QED) is 0.723. The highest BCUT2D eigenvalue weighted by atomic mass is 19.1. The first kappa shape index (κ1) is 16.0. The van der Waals surface area contributed by atoms with E-state index in [-0.39, 0.29) is 36.0 Å². The molecule has 1 aromatic carbocycles. The van der Waals surface area contributed by atoms with Crippen molar-refractivity contribution in [1.82, 2.24) is 14.6 Å². The van der Waals surface area contributed by atoms with Crippen molar-refractivity contribution in [2.45, 2.75) is 12.3 Å². The summed E-state index contributed by atoms with van der Waals surface area (Å²) in [7, 11) is 0. The van der Waals surface area contributed by atoms with E-state index in [0.717, 1.165) is 4.52 Å². The molecule has 1 saturated heterocycles. The maximum absolute atomic E-state index is 13.4. The number of benzene rings is 1. The highest BCUT2D eigenvalue weighted by molar-refractivity contribution is 5.98. The van der Waals surface area contributed by atoms with Gasteiger partial charge in [0.1, 0.15) is 11.4 Å². The average Bonchev–Trinajstić information content (AvgIpc) is 3.18. The fourth-order valence-electron chi connectivity index (χ4n) is 3.19. The van der Waals surface area contributed by atoms with Crippen LogP contribution in [-0.4, -0.2) is 33.0 Å². The second-order valence-electron chi connectivity index (χ2n) is 6.11. The third-order valence-corrected chi connectivity index (χ3v) is 4.45. The molecule has 3 heterocycles. The Labute approximate surface area is 146 Å². The summed E-state index contributed by atoms with van der Waals surface area (Å²) in [4.78, 5) is 41.9. The summed E-state index contributed by atoms with van der Waals surface area (Å²) in [6, 6.07) is 7.08. The molecular weight excluding hydrogens is 341 g/mol. The number of carbonyl (C=O) groups excluding carboxylic acids is 2. The molecule has 0 radical (unpaired) electrons. The fourth-order valence-corrected chi connectivity index (χ4v) is 3.19. The molecule has 0 spiro atoms. The number of nitrogens with one attached hydrogen (secondary N) is 1. The molecule has 9 heteroatoms. The van der Waals surface area contributed by atoms with Crippen molar-refractivity contribution < 1.29 is 14.0 Å². The fraction of sp³-hybridized carbons (Fsp3) is 0.176. The SMILES string of the molecule is NC(=O)c1c[nH]n2c(=O)cc(C3CC(=O)N(c4cccc(F)c4)C3)nc12. The second kappa shape index (κ2) is 5.80. The number of rotatable bonds is 3. The summed E-state index contributed by atoms with van der Waals surface area (Å²) in [6.45, 7) is 0.265. The van der Waals surface area contributed by atoms with Crippen LogP contribution in [0.1, 0.15) is 28.4 Å². The van der Waals surface area contributed by atoms with Gasteiger partial charge in [0.25, 0.3) is 11.5 Å². The van der Waals surface area contributed by atoms with Crippen LogP contribution in [-0.2, 0) is 4.79 Å². The van der Waals surface area contributed by atoms with E-state index in [1.165, 1.54) is 35.4 Å². The predicted octanol–water partition coefficient (Wildman–Crippen LogP) is 0.781. The van der Waals surface area contributed by atoms with E-state index < -0.39 is 17.3 Å². The summed E-state index contributed by atoms with van der Waals surface area (Å²) in [6.07, 6.45) is 1.45. The Morgan fingerprint density at radius 3 is 2.85 bits per heavy atom. The molecule has 1 aliphatic heterocycles. The topological polar surface area (TPSA) is 114 Å². The zero-order chi connectivity index (χ0) is 18.4. The molecule has 3 aromatic rings. The Morgan fingerprint density at radius 1 is 1.31 bits per heavy atom. The number of nitrogens with zero attached hydrogens (tertiary/aromatic N) is 3. The van der Waals surface area contributed by atoms with Gasteiger partial charge in [-0.05, 0) is 18.2 Å². The van der Waals surface area contributed by atoms with E-state index in [4.69, 9.17) is 5.73 Å². The van der Waals surface area contributed by atoms with Crippen LogP contribution >= 0.6 is 0 Å². The standard InChI is InChI=1S/C17H14FN5O3/c18-10-2-1-3-11(5-10)22-8-9(4-14(22)24)13-6-15(25)23-17(21-13)12(7-20-23)16(19)26/h1-3,5-7,9,20H,4,8H2,(H2,19,26). The normalized spacial score (nSPS) is 17.2. The molecule has 1 unspecified atom stereocenters. The van der Waals surface area contributed by atoms with Gasteiger partial charge in [-0.25, -0.2) is 13.9 Å². The number of anilines is 1. The molecule has 3 N–H and O–H groups in total. The summed E-state index contributed by atoms with van der Waals surface area (Å²) in [5, 5.41) is 2.63. The molecule has 0 saturated carbocycles. The molecule has 1 fully saturated rings. The van der Waals surface area contributed by atoms with Gasteiger partial charge in [-0.1, -0.05) is 6.07 Å². The van der Waals surface area contributed by atoms with Crippen molar-refractivity contribution in [2.75, 3.05) is 11.4 Å². The van der Waals surface area contributed by atoms with E-state index in [1.807, 2.05) is 0 Å². The lowest BCUT2D eigenvalue weighted by atomic mass is 10.0. The lowest BCUT2D eigenvalue weighted by Gasteiger charge is -2.16. The first-order valence-electron chi connectivity index (χ1n) is 7.91. The highest BCUT2D eigenvalue weighted by Gasteiger charge is 2.33. The summed E-state index contributed by atoms with van der Waals surface area (Å²) >= 11 is 0. The number of halogens is 1. The number of fused-ring (bicyclic) bond motifs is 1. The van der Waals surface area contributed by atoms with Crippen molar-refractivity contribution in [2.24, 2.45) is 5.73 Å². The van der Waals surface area contributed by atoms with Gasteiger partial charge in [-0.2, -0.15) is 0 Å². The zero-order valence-electron chi connectivity index (χ0n) is 13.5. The number of carbonyl (C=O) groups is 2. The zero-order valence-corrected chi connectivity index (χ0v) is 13.5. The summed E-state index contributed by atoms with van der Waals surface area (Å²) in [5.41, 5.74) is 5.95. The summed E-state index contributed by atoms with van der Waals surface area (Å²) < 4.78 is 14.6. The molecule has 4 rings (SSSR count). The van der Waals surface area contributed by atoms with E-state index >= 15 is 0 Å². The van der Waals surface area contributed by atoms with Gasteiger partial charge >= 0.3 is 0 Å². The minimum Gasteiger partial charge on any atom is -0.365 e. The third-order valence-electron chi connectivity index (χ3n) is 4.45. The van der Waals surface area contributed by atoms with Crippen LogP contribution in [0.15, 0.2) is 41.3 Å². The van der Waals surface area contributed by atoms with E-state index in [1.54, 1.807) is 6.07 Å². The van der Waals surface area contributed by atoms with Crippen LogP contribution in [0.25, 0.3) is 5.65 Å². The number of aromatic nitrogens is 3. The largest absolute Gasteiger partial charge is 0.365 e. The molecular formula is C17H14FN5O3. The monoisotopic (exact) mass is 355 g/mol. The number of aromatic amines is 1. The maximum Gasteiger partial charge on any atom is 0.272 e. The van der Waals surface area contributed by atoms with Gasteiger partial charge in [0.15, 0.2) is 5.65 Å². The Balaban J connectivity index is 1.72. The molecule has 2 aromatic heterocycles. The number of primary amides is 1. The average molecular weight is 355 g/mol. The van der Waals surface area contributed by atoms with Gasteiger partial charge < -0.3 is 10.6 Å². The molecule has 0 bridgehead atoms. The summed E-state index contributed by atoms with van der Waals surface area (Å²) in [5.74, 6) is -1.68. The Hall–Kier alpha value is -3.49. The van der Waals surface area contributed by atoms with Crippen LogP contribution in [0.5, 0.6) is 0 Å². The second-order valence-corrected chi connectivity index (χ2v) is 6.11. The number of hydrogen-bond donors (Lipinski definition) is 2. The molecule has 0 aliphatic carbocycles. The number of nitrogens with two attached hydrogens (primary N) is 1. The lowest BCUT2D eigenvalue weighted by Crippen LogP contribution is -2.24. The third kappa shape index (κ3) is 2.53. The Morgan fingerprint density at radius 2 is 2.12 bits per heavy atom. The lowest BCUT2D eigenvalue weighted by molar-refractivity contribution is -0.117. The maximum atomic E-state index is 13.4. The van der Waals surface area contributed by atoms with Crippen LogP contribution in [0, 0.1) is 5.82 Å². The van der Waals surface area contributed by atoms with Crippen LogP contribution < -0.4 is 16.2 Å². The Kier molecular flexibility index (Phi) is 3.57. The molecule has 1 atom stereocenters. The van der Waals surface area contributed by atoms with Gasteiger partial charge in [-0.3, -0.25) is 19.5 Å². The molecule has 8 nitrogen and oxygen atoms in total. The van der Waals surface area contributed by atoms with E-state index in [2.05, 4.69) is 10.1 Å². The number of amides is 2. The van der Waals surface area contributed by atoms with E-state index in [0.29, 0.717) is 11.4 Å². The smallest absolute Gasteiger partial charge is 0.272 e. The predicted molar refractivity (Wildman–Crippen MR) is 90.4 cm³/mol. The molecule has 26 heavy (non-hydrogen) atoms. The van der Waals surface area contributed by atoms with Gasteiger partial charge in [-0.15, -0.1) is 0 Å². The van der Waals surface area contributed by atoms with Crippen molar-refractivity contribution in [3.05, 3.63) is 64.0 Å². The Bertz CT molecular complexity index is 1100. The minimum atomic E-state index is -0.711. The molecule has 2 amide bonds. The van der Waals surface area contributed by atoms with Crippen LogP contribution in [0.3, 0.4) is 0 Å². The van der Waals surface area contributed by atoms with Gasteiger partial charge in [0, 0.05) is 36.8 Å².